The first-order valence-electron chi connectivity index (χ1n) is 13.4. The van der Waals surface area contributed by atoms with E-state index in [9.17, 15) is 13.2 Å². The van der Waals surface area contributed by atoms with Gasteiger partial charge in [-0.05, 0) is 54.5 Å². The zero-order valence-corrected chi connectivity index (χ0v) is 23.8. The summed E-state index contributed by atoms with van der Waals surface area (Å²) in [7, 11) is -1.000. The van der Waals surface area contributed by atoms with Crippen molar-refractivity contribution in [1.82, 2.24) is 9.97 Å². The Balaban J connectivity index is 1.51. The molecular formula is C30H33N5O5S. The predicted octanol–water partition coefficient (Wildman–Crippen LogP) is 5.34. The molecule has 1 aliphatic carbocycles. The van der Waals surface area contributed by atoms with Gasteiger partial charge in [0, 0.05) is 30.3 Å². The molecule has 11 heteroatoms. The highest BCUT2D eigenvalue weighted by atomic mass is 32.2. The lowest BCUT2D eigenvalue weighted by atomic mass is 9.82. The van der Waals surface area contributed by atoms with Gasteiger partial charge in [0.2, 0.25) is 5.91 Å². The number of nitrogens with zero attached hydrogens (tertiary/aromatic N) is 2. The van der Waals surface area contributed by atoms with Gasteiger partial charge < -0.3 is 20.5 Å². The van der Waals surface area contributed by atoms with Gasteiger partial charge in [-0.3, -0.25) is 9.52 Å². The fourth-order valence-corrected chi connectivity index (χ4v) is 6.47. The van der Waals surface area contributed by atoms with Crippen LogP contribution in [0.1, 0.15) is 43.6 Å². The molecule has 0 aliphatic heterocycles. The molecule has 1 aromatic heterocycles. The lowest BCUT2D eigenvalue weighted by Gasteiger charge is -2.23. The summed E-state index contributed by atoms with van der Waals surface area (Å²) in [4.78, 5) is 21.2. The molecule has 5 rings (SSSR count). The number of aromatic nitrogens is 2. The Bertz CT molecular complexity index is 1650. The number of sulfonamides is 1. The van der Waals surface area contributed by atoms with Crippen LogP contribution >= 0.6 is 0 Å². The second kappa shape index (κ2) is 12.0. The van der Waals surface area contributed by atoms with Crippen LogP contribution in [0.2, 0.25) is 0 Å². The Morgan fingerprint density at radius 2 is 1.56 bits per heavy atom. The Kier molecular flexibility index (Phi) is 8.25. The molecule has 0 radical (unpaired) electrons. The fraction of sp³-hybridized carbons (Fsp3) is 0.300. The Morgan fingerprint density at radius 1 is 0.927 bits per heavy atom. The van der Waals surface area contributed by atoms with Crippen LogP contribution < -0.4 is 25.2 Å². The molecule has 1 atom stereocenters. The van der Waals surface area contributed by atoms with Crippen molar-refractivity contribution >= 4 is 44.3 Å². The predicted molar refractivity (Wildman–Crippen MR) is 158 cm³/mol. The molecule has 1 fully saturated rings. The van der Waals surface area contributed by atoms with Crippen molar-refractivity contribution in [1.29, 1.82) is 0 Å². The van der Waals surface area contributed by atoms with Crippen molar-refractivity contribution in [2.45, 2.75) is 42.9 Å². The third-order valence-electron chi connectivity index (χ3n) is 7.40. The molecule has 1 unspecified atom stereocenters. The molecule has 1 saturated carbocycles. The number of amides is 1. The van der Waals surface area contributed by atoms with E-state index in [2.05, 4.69) is 20.0 Å². The van der Waals surface area contributed by atoms with Crippen molar-refractivity contribution in [3.63, 3.8) is 0 Å². The third-order valence-corrected chi connectivity index (χ3v) is 8.74. The van der Waals surface area contributed by atoms with Crippen LogP contribution in [0.15, 0.2) is 71.6 Å². The third kappa shape index (κ3) is 6.51. The number of rotatable bonds is 11. The molecule has 41 heavy (non-hydrogen) atoms. The average molecular weight is 576 g/mol. The number of anilines is 3. The summed E-state index contributed by atoms with van der Waals surface area (Å²) in [5.74, 6) is 1.09. The van der Waals surface area contributed by atoms with E-state index in [1.807, 2.05) is 12.1 Å². The van der Waals surface area contributed by atoms with E-state index in [-0.39, 0.29) is 34.8 Å². The number of carbonyl (C=O) groups is 1. The molecule has 1 heterocycles. The highest BCUT2D eigenvalue weighted by Gasteiger charge is 2.29. The highest BCUT2D eigenvalue weighted by Crippen LogP contribution is 2.40. The topological polar surface area (TPSA) is 146 Å². The molecule has 214 valence electrons. The van der Waals surface area contributed by atoms with Gasteiger partial charge in [-0.1, -0.05) is 37.1 Å². The first kappa shape index (κ1) is 28.2. The Labute approximate surface area is 239 Å². The summed E-state index contributed by atoms with van der Waals surface area (Å²) in [5, 5.41) is 3.16. The zero-order valence-electron chi connectivity index (χ0n) is 23.0. The molecule has 0 saturated heterocycles. The van der Waals surface area contributed by atoms with Gasteiger partial charge >= 0.3 is 0 Å². The highest BCUT2D eigenvalue weighted by molar-refractivity contribution is 7.92. The van der Waals surface area contributed by atoms with Gasteiger partial charge in [0.1, 0.15) is 11.5 Å². The molecule has 3 aromatic carbocycles. The molecule has 0 bridgehead atoms. The quantitative estimate of drug-likeness (QED) is 0.217. The Hall–Kier alpha value is -4.38. The van der Waals surface area contributed by atoms with E-state index in [4.69, 9.17) is 15.2 Å². The number of nitrogens with two attached hydrogens (primary N) is 1. The van der Waals surface area contributed by atoms with Crippen molar-refractivity contribution in [2.75, 3.05) is 24.3 Å². The Morgan fingerprint density at radius 3 is 2.17 bits per heavy atom. The molecule has 0 spiro atoms. The van der Waals surface area contributed by atoms with Crippen molar-refractivity contribution in [2.24, 2.45) is 11.7 Å². The van der Waals surface area contributed by atoms with Gasteiger partial charge in [0.15, 0.2) is 11.6 Å². The number of ether oxygens (including phenoxy) is 2. The number of methoxy groups -OCH3 is 2. The number of hydrogen-bond donors (Lipinski definition) is 3. The second-order valence-electron chi connectivity index (χ2n) is 10.1. The minimum atomic E-state index is -4.09. The minimum Gasteiger partial charge on any atom is -0.497 e. The standard InChI is InChI=1S/C30H33N5O5S/c1-39-22-15-21(16-23(17-22)40-2)32-29-30(34-27-13-6-5-12-26(27)33-29)35-41(37,38)24-11-7-10-20(14-24)25(18-28(31)36)19-8-3-4-9-19/h5-7,10-17,19,25H,3-4,8-9,18H2,1-2H3,(H2,31,36)(H,32,33)(H,34,35). The van der Waals surface area contributed by atoms with Gasteiger partial charge in [0.05, 0.1) is 30.1 Å². The van der Waals surface area contributed by atoms with E-state index in [1.165, 1.54) is 6.07 Å². The first-order chi connectivity index (χ1) is 19.8. The van der Waals surface area contributed by atoms with E-state index in [0.29, 0.717) is 28.2 Å². The van der Waals surface area contributed by atoms with Crippen molar-refractivity contribution < 1.29 is 22.7 Å². The monoisotopic (exact) mass is 575 g/mol. The zero-order chi connectivity index (χ0) is 29.0. The molecular weight excluding hydrogens is 542 g/mol. The maximum atomic E-state index is 13.7. The largest absolute Gasteiger partial charge is 0.497 e. The average Bonchev–Trinajstić information content (AvgIpc) is 3.50. The number of para-hydroxylation sites is 2. The molecule has 1 aliphatic rings. The number of primary amides is 1. The molecule has 10 nitrogen and oxygen atoms in total. The number of benzene rings is 3. The van der Waals surface area contributed by atoms with Crippen LogP contribution in [-0.2, 0) is 14.8 Å². The minimum absolute atomic E-state index is 0.0281. The lowest BCUT2D eigenvalue weighted by Crippen LogP contribution is -2.21. The van der Waals surface area contributed by atoms with Gasteiger partial charge in [0.25, 0.3) is 10.0 Å². The summed E-state index contributed by atoms with van der Waals surface area (Å²) in [5.41, 5.74) is 8.04. The van der Waals surface area contributed by atoms with Crippen LogP contribution in [0.3, 0.4) is 0 Å². The summed E-state index contributed by atoms with van der Waals surface area (Å²) in [6, 6.07) is 19.1. The van der Waals surface area contributed by atoms with E-state index in [0.717, 1.165) is 31.2 Å². The smallest absolute Gasteiger partial charge is 0.263 e. The van der Waals surface area contributed by atoms with Crippen LogP contribution in [0.4, 0.5) is 17.3 Å². The lowest BCUT2D eigenvalue weighted by molar-refractivity contribution is -0.118. The summed E-state index contributed by atoms with van der Waals surface area (Å²) in [6.45, 7) is 0. The summed E-state index contributed by atoms with van der Waals surface area (Å²) >= 11 is 0. The maximum Gasteiger partial charge on any atom is 0.263 e. The number of carbonyl (C=O) groups excluding carboxylic acids is 1. The summed E-state index contributed by atoms with van der Waals surface area (Å²) < 4.78 is 40.8. The SMILES string of the molecule is COc1cc(Nc2nc3ccccc3nc2NS(=O)(=O)c2cccc(C(CC(N)=O)C3CCCC3)c2)cc(OC)c1. The van der Waals surface area contributed by atoms with Crippen LogP contribution in [0.5, 0.6) is 11.5 Å². The van der Waals surface area contributed by atoms with Crippen LogP contribution in [-0.4, -0.2) is 38.5 Å². The van der Waals surface area contributed by atoms with Crippen molar-refractivity contribution in [3.05, 3.63) is 72.3 Å². The van der Waals surface area contributed by atoms with Crippen LogP contribution in [0, 0.1) is 5.92 Å². The van der Waals surface area contributed by atoms with E-state index < -0.39 is 15.9 Å². The van der Waals surface area contributed by atoms with Gasteiger partial charge in [-0.2, -0.15) is 0 Å². The fourth-order valence-electron chi connectivity index (χ4n) is 5.41. The normalized spacial score (nSPS) is 14.5. The summed E-state index contributed by atoms with van der Waals surface area (Å²) in [6.07, 6.45) is 4.34. The number of nitrogens with one attached hydrogen (secondary N) is 2. The van der Waals surface area contributed by atoms with Crippen LogP contribution in [0.25, 0.3) is 11.0 Å². The van der Waals surface area contributed by atoms with Crippen molar-refractivity contribution in [3.8, 4) is 11.5 Å². The molecule has 1 amide bonds. The molecule has 4 N–H and O–H groups in total. The van der Waals surface area contributed by atoms with E-state index in [1.54, 1.807) is 62.8 Å². The van der Waals surface area contributed by atoms with Gasteiger partial charge in [-0.25, -0.2) is 18.4 Å². The van der Waals surface area contributed by atoms with Gasteiger partial charge in [-0.15, -0.1) is 0 Å². The second-order valence-corrected chi connectivity index (χ2v) is 11.8. The maximum absolute atomic E-state index is 13.7. The molecule has 4 aromatic rings. The van der Waals surface area contributed by atoms with E-state index >= 15 is 0 Å². The number of fused-ring (bicyclic) bond motifs is 1. The number of hydrogen-bond acceptors (Lipinski definition) is 8. The first-order valence-corrected chi connectivity index (χ1v) is 14.9.